The fraction of sp³-hybridized carbons (Fsp3) is 0.294. The maximum absolute atomic E-state index is 6.43. The van der Waals surface area contributed by atoms with E-state index in [1.54, 1.807) is 0 Å². The van der Waals surface area contributed by atoms with Crippen LogP contribution >= 0.6 is 11.8 Å². The molecule has 98 valence electrons. The van der Waals surface area contributed by atoms with Gasteiger partial charge in [-0.3, -0.25) is 0 Å². The molecule has 1 nitrogen and oxygen atoms in total. The van der Waals surface area contributed by atoms with Crippen LogP contribution in [0.25, 0.3) is 0 Å². The van der Waals surface area contributed by atoms with Gasteiger partial charge in [-0.1, -0.05) is 48.5 Å². The molecule has 0 saturated heterocycles. The zero-order valence-corrected chi connectivity index (χ0v) is 11.8. The third kappa shape index (κ3) is 2.85. The van der Waals surface area contributed by atoms with Gasteiger partial charge in [-0.05, 0) is 30.0 Å². The van der Waals surface area contributed by atoms with Crippen LogP contribution in [0, 0.1) is 0 Å². The Morgan fingerprint density at radius 3 is 2.63 bits per heavy atom. The monoisotopic (exact) mass is 269 g/mol. The largest absolute Gasteiger partial charge is 0.327 e. The van der Waals surface area contributed by atoms with Crippen molar-refractivity contribution in [1.29, 1.82) is 0 Å². The van der Waals surface area contributed by atoms with E-state index < -0.39 is 0 Å². The minimum atomic E-state index is 0.261. The third-order valence-electron chi connectivity index (χ3n) is 3.86. The molecule has 0 aromatic heterocycles. The number of hydrogen-bond donors (Lipinski definition) is 1. The molecule has 19 heavy (non-hydrogen) atoms. The topological polar surface area (TPSA) is 26.0 Å². The number of benzene rings is 2. The maximum atomic E-state index is 6.43. The Morgan fingerprint density at radius 2 is 1.79 bits per heavy atom. The van der Waals surface area contributed by atoms with E-state index in [1.165, 1.54) is 16.0 Å². The van der Waals surface area contributed by atoms with Gasteiger partial charge >= 0.3 is 0 Å². The molecule has 2 aromatic carbocycles. The smallest absolute Gasteiger partial charge is 0.0119 e. The van der Waals surface area contributed by atoms with Crippen LogP contribution in [0.15, 0.2) is 59.5 Å². The van der Waals surface area contributed by atoms with E-state index in [9.17, 15) is 0 Å². The number of nitrogens with two attached hydrogens (primary N) is 1. The molecular weight excluding hydrogens is 250 g/mol. The molecule has 0 aliphatic carbocycles. The highest BCUT2D eigenvalue weighted by atomic mass is 32.2. The molecule has 1 heterocycles. The highest BCUT2D eigenvalue weighted by molar-refractivity contribution is 7.99. The van der Waals surface area contributed by atoms with E-state index >= 15 is 0 Å². The predicted molar refractivity (Wildman–Crippen MR) is 82.6 cm³/mol. The zero-order valence-electron chi connectivity index (χ0n) is 11.0. The lowest BCUT2D eigenvalue weighted by atomic mass is 9.90. The maximum Gasteiger partial charge on any atom is 0.0119 e. The fourth-order valence-corrected chi connectivity index (χ4v) is 4.07. The first-order valence-electron chi connectivity index (χ1n) is 6.86. The van der Waals surface area contributed by atoms with E-state index in [2.05, 4.69) is 54.6 Å². The molecule has 2 atom stereocenters. The molecule has 3 rings (SSSR count). The standard InChI is InChI=1S/C17H19NS/c18-16(11-10-13-6-2-1-3-7-13)15-12-19-17-9-5-4-8-14(15)17/h1-9,15-16H,10-12,18H2. The van der Waals surface area contributed by atoms with E-state index in [1.807, 2.05) is 11.8 Å². The van der Waals surface area contributed by atoms with Crippen LogP contribution < -0.4 is 5.73 Å². The summed E-state index contributed by atoms with van der Waals surface area (Å²) in [7, 11) is 0. The van der Waals surface area contributed by atoms with Gasteiger partial charge in [0.1, 0.15) is 0 Å². The number of fused-ring (bicyclic) bond motifs is 1. The Kier molecular flexibility index (Phi) is 3.90. The van der Waals surface area contributed by atoms with Crippen molar-refractivity contribution in [1.82, 2.24) is 0 Å². The van der Waals surface area contributed by atoms with Crippen molar-refractivity contribution >= 4 is 11.8 Å². The summed E-state index contributed by atoms with van der Waals surface area (Å²) >= 11 is 1.95. The summed E-state index contributed by atoms with van der Waals surface area (Å²) in [5.41, 5.74) is 9.27. The van der Waals surface area contributed by atoms with Gasteiger partial charge < -0.3 is 5.73 Å². The highest BCUT2D eigenvalue weighted by Crippen LogP contribution is 2.41. The second-order valence-corrected chi connectivity index (χ2v) is 6.21. The van der Waals surface area contributed by atoms with Gasteiger partial charge in [0, 0.05) is 22.6 Å². The van der Waals surface area contributed by atoms with E-state index in [-0.39, 0.29) is 6.04 Å². The average Bonchev–Trinajstić information content (AvgIpc) is 2.90. The molecule has 2 heteroatoms. The predicted octanol–water partition coefficient (Wildman–Crippen LogP) is 3.84. The molecular formula is C17H19NS. The quantitative estimate of drug-likeness (QED) is 0.912. The van der Waals surface area contributed by atoms with Gasteiger partial charge in [0.15, 0.2) is 0 Å². The second-order valence-electron chi connectivity index (χ2n) is 5.14. The van der Waals surface area contributed by atoms with E-state index in [0.717, 1.165) is 18.6 Å². The summed E-state index contributed by atoms with van der Waals surface area (Å²) in [5.74, 6) is 1.65. The van der Waals surface area contributed by atoms with Gasteiger partial charge in [-0.15, -0.1) is 11.8 Å². The number of rotatable bonds is 4. The summed E-state index contributed by atoms with van der Waals surface area (Å²) in [6, 6.07) is 19.6. The molecule has 2 aromatic rings. The first kappa shape index (κ1) is 12.8. The van der Waals surface area contributed by atoms with Gasteiger partial charge in [0.05, 0.1) is 0 Å². The fourth-order valence-electron chi connectivity index (χ4n) is 2.72. The molecule has 0 amide bonds. The molecule has 1 aliphatic rings. The Labute approximate surface area is 119 Å². The van der Waals surface area contributed by atoms with Crippen LogP contribution in [-0.4, -0.2) is 11.8 Å². The number of thioether (sulfide) groups is 1. The molecule has 0 radical (unpaired) electrons. The minimum Gasteiger partial charge on any atom is -0.327 e. The normalized spacial score (nSPS) is 19.1. The van der Waals surface area contributed by atoms with E-state index in [0.29, 0.717) is 5.92 Å². The Morgan fingerprint density at radius 1 is 1.05 bits per heavy atom. The first-order valence-corrected chi connectivity index (χ1v) is 7.84. The van der Waals surface area contributed by atoms with E-state index in [4.69, 9.17) is 5.73 Å². The van der Waals surface area contributed by atoms with Crippen molar-refractivity contribution < 1.29 is 0 Å². The highest BCUT2D eigenvalue weighted by Gasteiger charge is 2.27. The molecule has 1 aliphatic heterocycles. The molecule has 0 spiro atoms. The molecule has 2 unspecified atom stereocenters. The van der Waals surface area contributed by atoms with Crippen LogP contribution in [0.4, 0.5) is 0 Å². The van der Waals surface area contributed by atoms with Crippen molar-refractivity contribution in [2.45, 2.75) is 29.7 Å². The van der Waals surface area contributed by atoms with Crippen molar-refractivity contribution in [2.75, 3.05) is 5.75 Å². The SMILES string of the molecule is NC(CCc1ccccc1)C1CSc2ccccc21. The van der Waals surface area contributed by atoms with Gasteiger partial charge in [0.2, 0.25) is 0 Å². The van der Waals surface area contributed by atoms with Gasteiger partial charge in [-0.25, -0.2) is 0 Å². The van der Waals surface area contributed by atoms with Crippen LogP contribution in [0.5, 0.6) is 0 Å². The minimum absolute atomic E-state index is 0.261. The summed E-state index contributed by atoms with van der Waals surface area (Å²) < 4.78 is 0. The van der Waals surface area contributed by atoms with Crippen molar-refractivity contribution in [3.05, 3.63) is 65.7 Å². The van der Waals surface area contributed by atoms with Crippen molar-refractivity contribution in [2.24, 2.45) is 5.73 Å². The van der Waals surface area contributed by atoms with Gasteiger partial charge in [-0.2, -0.15) is 0 Å². The summed E-state index contributed by atoms with van der Waals surface area (Å²) in [6.07, 6.45) is 2.13. The van der Waals surface area contributed by atoms with Crippen LogP contribution in [-0.2, 0) is 6.42 Å². The number of hydrogen-bond acceptors (Lipinski definition) is 2. The number of aryl methyl sites for hydroxylation is 1. The Bertz CT molecular complexity index is 538. The molecule has 0 saturated carbocycles. The summed E-state index contributed by atoms with van der Waals surface area (Å²) in [5, 5.41) is 0. The van der Waals surface area contributed by atoms with Crippen LogP contribution in [0.2, 0.25) is 0 Å². The Balaban J connectivity index is 1.64. The molecule has 2 N–H and O–H groups in total. The van der Waals surface area contributed by atoms with Crippen LogP contribution in [0.3, 0.4) is 0 Å². The Hall–Kier alpha value is -1.25. The molecule has 0 fully saturated rings. The third-order valence-corrected chi connectivity index (χ3v) is 5.07. The first-order chi connectivity index (χ1) is 9.34. The second kappa shape index (κ2) is 5.81. The van der Waals surface area contributed by atoms with Crippen molar-refractivity contribution in [3.8, 4) is 0 Å². The average molecular weight is 269 g/mol. The zero-order chi connectivity index (χ0) is 13.1. The van der Waals surface area contributed by atoms with Gasteiger partial charge in [0.25, 0.3) is 0 Å². The molecule has 0 bridgehead atoms. The van der Waals surface area contributed by atoms with Crippen molar-refractivity contribution in [3.63, 3.8) is 0 Å². The lowest BCUT2D eigenvalue weighted by molar-refractivity contribution is 0.535. The van der Waals surface area contributed by atoms with Crippen LogP contribution in [0.1, 0.15) is 23.5 Å². The lowest BCUT2D eigenvalue weighted by Crippen LogP contribution is -2.29. The summed E-state index contributed by atoms with van der Waals surface area (Å²) in [4.78, 5) is 1.42. The summed E-state index contributed by atoms with van der Waals surface area (Å²) in [6.45, 7) is 0. The lowest BCUT2D eigenvalue weighted by Gasteiger charge is -2.19.